The Hall–Kier alpha value is -5.25. The number of hydrogen-bond donors (Lipinski definition) is 3. The van der Waals surface area contributed by atoms with Gasteiger partial charge in [0.05, 0.1) is 15.3 Å². The van der Waals surface area contributed by atoms with Crippen molar-refractivity contribution in [2.45, 2.75) is 47.7 Å². The number of aromatic nitrogens is 2. The fourth-order valence-electron chi connectivity index (χ4n) is 7.34. The van der Waals surface area contributed by atoms with Crippen molar-refractivity contribution >= 4 is 67.2 Å². The van der Waals surface area contributed by atoms with Gasteiger partial charge in [0.25, 0.3) is 15.7 Å². The second-order valence-electron chi connectivity index (χ2n) is 14.9. The van der Waals surface area contributed by atoms with Crippen LogP contribution in [0.1, 0.15) is 24.8 Å². The Morgan fingerprint density at radius 3 is 2.39 bits per heavy atom. The second kappa shape index (κ2) is 18.3. The van der Waals surface area contributed by atoms with E-state index in [0.29, 0.717) is 22.7 Å². The molecule has 1 unspecified atom stereocenters. The third-order valence-corrected chi connectivity index (χ3v) is 13.4. The number of piperazine rings is 1. The molecule has 304 valence electrons. The molecule has 2 heterocycles. The van der Waals surface area contributed by atoms with Crippen molar-refractivity contribution in [1.82, 2.24) is 20.2 Å². The zero-order valence-corrected chi connectivity index (χ0v) is 34.7. The number of benzene rings is 5. The van der Waals surface area contributed by atoms with Crippen molar-refractivity contribution < 1.29 is 13.3 Å². The summed E-state index contributed by atoms with van der Waals surface area (Å²) in [6.45, 7) is 4.84. The van der Waals surface area contributed by atoms with Crippen LogP contribution < -0.4 is 20.3 Å². The molecule has 0 bridgehead atoms. The van der Waals surface area contributed by atoms with E-state index in [4.69, 9.17) is 11.6 Å². The van der Waals surface area contributed by atoms with E-state index in [9.17, 15) is 18.5 Å². The molecule has 12 nitrogen and oxygen atoms in total. The SMILES string of the molecule is O=[N+]([O-])c1cc(S(=O)(=O)Nc2ncnc3cc(N4CCN(Cc5cc(Cl)ccc5-c5ccccc5)CC4)ccc23)ccc1NC(CCNC1CC1)CSc1ccccc1. The molecule has 1 saturated heterocycles. The fourth-order valence-corrected chi connectivity index (χ4v) is 9.58. The van der Waals surface area contributed by atoms with E-state index in [2.05, 4.69) is 59.4 Å². The summed E-state index contributed by atoms with van der Waals surface area (Å²) in [5.74, 6) is 0.765. The highest BCUT2D eigenvalue weighted by Gasteiger charge is 2.26. The minimum atomic E-state index is -4.27. The molecule has 5 aromatic carbocycles. The summed E-state index contributed by atoms with van der Waals surface area (Å²) in [5, 5.41) is 20.5. The van der Waals surface area contributed by atoms with E-state index in [0.717, 1.165) is 72.9 Å². The number of nitrogens with zero attached hydrogens (tertiary/aromatic N) is 5. The van der Waals surface area contributed by atoms with Crippen molar-refractivity contribution in [2.75, 3.05) is 53.4 Å². The van der Waals surface area contributed by atoms with Crippen LogP contribution in [0, 0.1) is 10.1 Å². The van der Waals surface area contributed by atoms with Gasteiger partial charge in [-0.15, -0.1) is 11.8 Å². The van der Waals surface area contributed by atoms with Gasteiger partial charge in [-0.1, -0.05) is 66.2 Å². The van der Waals surface area contributed by atoms with Crippen molar-refractivity contribution in [2.24, 2.45) is 0 Å². The van der Waals surface area contributed by atoms with Gasteiger partial charge in [-0.05, 0) is 97.1 Å². The third-order valence-electron chi connectivity index (χ3n) is 10.7. The van der Waals surface area contributed by atoms with Gasteiger partial charge in [0.1, 0.15) is 12.0 Å². The van der Waals surface area contributed by atoms with E-state index in [-0.39, 0.29) is 28.1 Å². The highest BCUT2D eigenvalue weighted by Crippen LogP contribution is 2.33. The summed E-state index contributed by atoms with van der Waals surface area (Å²) in [5.41, 5.74) is 5.02. The van der Waals surface area contributed by atoms with Crippen LogP contribution in [-0.4, -0.2) is 78.8 Å². The molecule has 1 aliphatic heterocycles. The molecular weight excluding hydrogens is 804 g/mol. The van der Waals surface area contributed by atoms with E-state index < -0.39 is 14.9 Å². The number of thioether (sulfide) groups is 1. The number of rotatable bonds is 17. The van der Waals surface area contributed by atoms with Crippen LogP contribution in [0.4, 0.5) is 22.9 Å². The fraction of sp³-hybridized carbons (Fsp3) is 0.273. The molecule has 0 amide bonds. The van der Waals surface area contributed by atoms with Crippen molar-refractivity contribution in [1.29, 1.82) is 0 Å². The van der Waals surface area contributed by atoms with Crippen molar-refractivity contribution in [3.05, 3.63) is 142 Å². The zero-order chi connectivity index (χ0) is 40.8. The van der Waals surface area contributed by atoms with Crippen LogP contribution in [-0.2, 0) is 16.6 Å². The zero-order valence-electron chi connectivity index (χ0n) is 32.3. The van der Waals surface area contributed by atoms with E-state index in [1.165, 1.54) is 42.4 Å². The Balaban J connectivity index is 0.936. The smallest absolute Gasteiger partial charge is 0.293 e. The number of sulfonamides is 1. The first-order valence-corrected chi connectivity index (χ1v) is 22.6. The van der Waals surface area contributed by atoms with Crippen LogP contribution in [0.15, 0.2) is 131 Å². The summed E-state index contributed by atoms with van der Waals surface area (Å²) in [6.07, 6.45) is 4.39. The second-order valence-corrected chi connectivity index (χ2v) is 18.1. The Kier molecular flexibility index (Phi) is 12.6. The van der Waals surface area contributed by atoms with Gasteiger partial charge in [-0.2, -0.15) is 0 Å². The van der Waals surface area contributed by atoms with Crippen LogP contribution in [0.5, 0.6) is 0 Å². The summed E-state index contributed by atoms with van der Waals surface area (Å²) < 4.78 is 30.1. The standard InChI is InChI=1S/C44H45ClN8O4S2/c45-33-11-16-39(31-7-3-1-4-8-31)32(25-33)28-51-21-23-52(24-22-51)36-14-17-40-42(26-36)47-30-48-44(40)50-59(56,57)38-15-18-41(43(27-38)53(54)55)49-35(19-20-46-34-12-13-34)29-58-37-9-5-2-6-10-37/h1-11,14-18,25-27,30,34-35,46,49H,12-13,19-24,28-29H2,(H,47,48,50). The molecule has 6 aromatic rings. The highest BCUT2D eigenvalue weighted by atomic mass is 35.5. The maximum Gasteiger partial charge on any atom is 0.293 e. The average Bonchev–Trinajstić information content (AvgIpc) is 4.08. The Morgan fingerprint density at radius 1 is 0.881 bits per heavy atom. The molecule has 0 radical (unpaired) electrons. The first-order valence-electron chi connectivity index (χ1n) is 19.7. The third kappa shape index (κ3) is 10.3. The first-order chi connectivity index (χ1) is 28.7. The highest BCUT2D eigenvalue weighted by molar-refractivity contribution is 7.99. The van der Waals surface area contributed by atoms with Gasteiger partial charge in [-0.3, -0.25) is 19.7 Å². The number of nitrogens with one attached hydrogen (secondary N) is 3. The minimum absolute atomic E-state index is 0.0909. The predicted octanol–water partition coefficient (Wildman–Crippen LogP) is 8.70. The summed E-state index contributed by atoms with van der Waals surface area (Å²) in [4.78, 5) is 26.1. The molecule has 15 heteroatoms. The Labute approximate surface area is 353 Å². The lowest BCUT2D eigenvalue weighted by Gasteiger charge is -2.36. The van der Waals surface area contributed by atoms with E-state index in [1.807, 2.05) is 72.8 Å². The van der Waals surface area contributed by atoms with Gasteiger partial charge in [0.15, 0.2) is 5.82 Å². The molecule has 1 aromatic heterocycles. The molecule has 1 atom stereocenters. The number of hydrogen-bond acceptors (Lipinski definition) is 11. The lowest BCUT2D eigenvalue weighted by molar-refractivity contribution is -0.384. The van der Waals surface area contributed by atoms with Crippen LogP contribution in [0.3, 0.4) is 0 Å². The monoisotopic (exact) mass is 848 g/mol. The van der Waals surface area contributed by atoms with Gasteiger partial charge in [-0.25, -0.2) is 18.4 Å². The normalized spacial score (nSPS) is 15.2. The lowest BCUT2D eigenvalue weighted by atomic mass is 9.99. The molecule has 8 rings (SSSR count). The van der Waals surface area contributed by atoms with E-state index >= 15 is 0 Å². The van der Waals surface area contributed by atoms with E-state index in [1.54, 1.807) is 11.8 Å². The Morgan fingerprint density at radius 2 is 1.64 bits per heavy atom. The summed E-state index contributed by atoms with van der Waals surface area (Å²) in [7, 11) is -4.27. The van der Waals surface area contributed by atoms with Gasteiger partial charge >= 0.3 is 0 Å². The molecule has 59 heavy (non-hydrogen) atoms. The Bertz CT molecular complexity index is 2520. The van der Waals surface area contributed by atoms with Gasteiger partial charge in [0, 0.05) is 77.6 Å². The summed E-state index contributed by atoms with van der Waals surface area (Å²) >= 11 is 8.10. The van der Waals surface area contributed by atoms with Crippen molar-refractivity contribution in [3.8, 4) is 11.1 Å². The number of anilines is 3. The lowest BCUT2D eigenvalue weighted by Crippen LogP contribution is -2.46. The van der Waals surface area contributed by atoms with Crippen LogP contribution >= 0.6 is 23.4 Å². The maximum absolute atomic E-state index is 13.8. The molecule has 0 spiro atoms. The largest absolute Gasteiger partial charge is 0.376 e. The molecule has 1 aliphatic carbocycles. The van der Waals surface area contributed by atoms with Crippen LogP contribution in [0.2, 0.25) is 5.02 Å². The molecule has 3 N–H and O–H groups in total. The minimum Gasteiger partial charge on any atom is -0.376 e. The maximum atomic E-state index is 13.8. The quantitative estimate of drug-likeness (QED) is 0.0461. The molecular formula is C44H45ClN8O4S2. The average molecular weight is 849 g/mol. The predicted molar refractivity (Wildman–Crippen MR) is 238 cm³/mol. The molecule has 2 aliphatic rings. The number of halogens is 1. The van der Waals surface area contributed by atoms with Gasteiger partial charge in [0.2, 0.25) is 0 Å². The molecule has 1 saturated carbocycles. The van der Waals surface area contributed by atoms with Gasteiger partial charge < -0.3 is 15.5 Å². The molecule has 2 fully saturated rings. The van der Waals surface area contributed by atoms with Crippen molar-refractivity contribution in [3.63, 3.8) is 0 Å². The number of nitro groups is 1. The first kappa shape index (κ1) is 40.5. The number of nitro benzene ring substituents is 1. The van der Waals surface area contributed by atoms with Crippen LogP contribution in [0.25, 0.3) is 22.0 Å². The summed E-state index contributed by atoms with van der Waals surface area (Å²) in [6, 6.07) is 36.5. The number of fused-ring (bicyclic) bond motifs is 1. The topological polar surface area (TPSA) is 146 Å².